The van der Waals surface area contributed by atoms with Crippen LogP contribution in [0.2, 0.25) is 0 Å². The highest BCUT2D eigenvalue weighted by atomic mass is 31.2. The molecule has 0 aliphatic heterocycles. The lowest BCUT2D eigenvalue weighted by molar-refractivity contribution is -0.870. The van der Waals surface area contributed by atoms with Crippen molar-refractivity contribution in [2.75, 3.05) is 47.5 Å². The minimum atomic E-state index is -4.37. The number of quaternary nitrogens is 1. The van der Waals surface area contributed by atoms with Gasteiger partial charge in [0.25, 0.3) is 0 Å². The SMILES string of the molecule is CCCCCCCC/C=C/CCCCCC(=O)O[C@@H](COC(=O)CCCCCCCCCCCCCCCCCCCCCCC)COP(=O)(O)OCC[N+](C)(C)C. The lowest BCUT2D eigenvalue weighted by Crippen LogP contribution is -2.37. The normalized spacial score (nSPS) is 13.6. The van der Waals surface area contributed by atoms with Crippen molar-refractivity contribution in [3.8, 4) is 0 Å². The molecule has 0 rings (SSSR count). The van der Waals surface area contributed by atoms with Crippen LogP contribution in [-0.2, 0) is 32.7 Å². The monoisotopic (exact) mass is 845 g/mol. The predicted octanol–water partition coefficient (Wildman–Crippen LogP) is 14.1. The van der Waals surface area contributed by atoms with E-state index in [-0.39, 0.29) is 25.6 Å². The number of esters is 2. The van der Waals surface area contributed by atoms with Gasteiger partial charge in [0, 0.05) is 12.8 Å². The van der Waals surface area contributed by atoms with E-state index in [0.717, 1.165) is 44.9 Å². The van der Waals surface area contributed by atoms with Gasteiger partial charge in [0.2, 0.25) is 0 Å². The van der Waals surface area contributed by atoms with E-state index in [4.69, 9.17) is 18.5 Å². The third-order valence-corrected chi connectivity index (χ3v) is 11.8. The van der Waals surface area contributed by atoms with Crippen LogP contribution in [0.5, 0.6) is 0 Å². The van der Waals surface area contributed by atoms with Gasteiger partial charge in [-0.15, -0.1) is 0 Å². The first kappa shape index (κ1) is 56.8. The van der Waals surface area contributed by atoms with Gasteiger partial charge in [-0.05, 0) is 38.5 Å². The molecule has 1 unspecified atom stereocenters. The van der Waals surface area contributed by atoms with Gasteiger partial charge in [-0.1, -0.05) is 193 Å². The van der Waals surface area contributed by atoms with Crippen LogP contribution in [0.15, 0.2) is 12.2 Å². The second-order valence-corrected chi connectivity index (χ2v) is 19.3. The highest BCUT2D eigenvalue weighted by Gasteiger charge is 2.27. The molecule has 10 heteroatoms. The van der Waals surface area contributed by atoms with Crippen molar-refractivity contribution in [2.45, 2.75) is 238 Å². The summed E-state index contributed by atoms with van der Waals surface area (Å²) in [4.78, 5) is 35.4. The van der Waals surface area contributed by atoms with Crippen molar-refractivity contribution in [1.82, 2.24) is 0 Å². The zero-order valence-electron chi connectivity index (χ0n) is 38.8. The second kappa shape index (κ2) is 41.1. The van der Waals surface area contributed by atoms with Gasteiger partial charge in [-0.25, -0.2) is 4.57 Å². The summed E-state index contributed by atoms with van der Waals surface area (Å²) >= 11 is 0. The largest absolute Gasteiger partial charge is 0.472 e. The topological polar surface area (TPSA) is 108 Å². The molecule has 0 radical (unpaired) electrons. The predicted molar refractivity (Wildman–Crippen MR) is 243 cm³/mol. The maximum absolute atomic E-state index is 12.7. The van der Waals surface area contributed by atoms with Crippen LogP contribution in [0.4, 0.5) is 0 Å². The number of ether oxygens (including phenoxy) is 2. The summed E-state index contributed by atoms with van der Waals surface area (Å²) in [6.07, 6.45) is 44.1. The molecule has 0 aliphatic carbocycles. The molecule has 0 fully saturated rings. The molecule has 2 atom stereocenters. The molecule has 0 aromatic heterocycles. The Morgan fingerprint density at radius 3 is 1.29 bits per heavy atom. The van der Waals surface area contributed by atoms with Gasteiger partial charge >= 0.3 is 19.8 Å². The van der Waals surface area contributed by atoms with Crippen LogP contribution < -0.4 is 0 Å². The number of likely N-dealkylation sites (N-methyl/N-ethyl adjacent to an activating group) is 1. The molecule has 0 spiro atoms. The minimum Gasteiger partial charge on any atom is -0.462 e. The van der Waals surface area contributed by atoms with Crippen molar-refractivity contribution >= 4 is 19.8 Å². The van der Waals surface area contributed by atoms with E-state index in [9.17, 15) is 19.0 Å². The molecule has 0 bridgehead atoms. The van der Waals surface area contributed by atoms with Crippen LogP contribution >= 0.6 is 7.82 Å². The van der Waals surface area contributed by atoms with Gasteiger partial charge < -0.3 is 18.9 Å². The van der Waals surface area contributed by atoms with Gasteiger partial charge in [0.1, 0.15) is 19.8 Å². The maximum atomic E-state index is 12.7. The summed E-state index contributed by atoms with van der Waals surface area (Å²) in [6.45, 7) is 4.43. The van der Waals surface area contributed by atoms with E-state index in [0.29, 0.717) is 23.9 Å². The van der Waals surface area contributed by atoms with Crippen LogP contribution in [0, 0.1) is 0 Å². The smallest absolute Gasteiger partial charge is 0.462 e. The van der Waals surface area contributed by atoms with Crippen LogP contribution in [-0.4, -0.2) is 74.9 Å². The lowest BCUT2D eigenvalue weighted by atomic mass is 10.0. The molecule has 0 aliphatic rings. The molecule has 0 aromatic carbocycles. The molecular formula is C48H95NO8P+. The standard InChI is InChI=1S/C48H94NO8P/c1-6-8-10-12-14-16-18-20-21-22-23-24-25-26-27-29-30-32-34-36-38-40-47(50)54-44-46(45-56-58(52,53)55-43-42-49(3,4)5)57-48(51)41-39-37-35-33-31-28-19-17-15-13-11-9-7-2/h28,31,46H,6-27,29-30,32-45H2,1-5H3/p+1/b31-28+/t46-/m0/s1. The number of unbranched alkanes of at least 4 members (excludes halogenated alkanes) is 29. The van der Waals surface area contributed by atoms with E-state index in [1.165, 1.54) is 154 Å². The molecule has 58 heavy (non-hydrogen) atoms. The number of nitrogens with zero attached hydrogens (tertiary/aromatic N) is 1. The first-order valence-electron chi connectivity index (χ1n) is 24.4. The Labute approximate surface area is 358 Å². The Kier molecular flexibility index (Phi) is 40.2. The van der Waals surface area contributed by atoms with Gasteiger partial charge in [-0.3, -0.25) is 18.6 Å². The minimum absolute atomic E-state index is 0.0322. The summed E-state index contributed by atoms with van der Waals surface area (Å²) in [5.41, 5.74) is 0. The molecule has 0 aromatic rings. The average Bonchev–Trinajstić information content (AvgIpc) is 3.17. The number of carbonyl (C=O) groups excluding carboxylic acids is 2. The highest BCUT2D eigenvalue weighted by Crippen LogP contribution is 2.43. The number of hydrogen-bond acceptors (Lipinski definition) is 7. The lowest BCUT2D eigenvalue weighted by Gasteiger charge is -2.24. The summed E-state index contributed by atoms with van der Waals surface area (Å²) < 4.78 is 34.4. The zero-order valence-corrected chi connectivity index (χ0v) is 39.7. The Bertz CT molecular complexity index is 1000. The Morgan fingerprint density at radius 1 is 0.517 bits per heavy atom. The first-order valence-corrected chi connectivity index (χ1v) is 25.9. The maximum Gasteiger partial charge on any atom is 0.472 e. The summed E-state index contributed by atoms with van der Waals surface area (Å²) in [5, 5.41) is 0. The Hall–Kier alpha value is -1.25. The van der Waals surface area contributed by atoms with Crippen LogP contribution in [0.1, 0.15) is 232 Å². The number of phosphoric ester groups is 1. The van der Waals surface area contributed by atoms with Gasteiger partial charge in [0.15, 0.2) is 6.10 Å². The average molecular weight is 845 g/mol. The quantitative estimate of drug-likeness (QED) is 0.0212. The first-order chi connectivity index (χ1) is 28.0. The number of carbonyl (C=O) groups is 2. The molecule has 344 valence electrons. The molecule has 9 nitrogen and oxygen atoms in total. The summed E-state index contributed by atoms with van der Waals surface area (Å²) in [7, 11) is 1.48. The molecule has 0 saturated heterocycles. The van der Waals surface area contributed by atoms with Crippen LogP contribution in [0.3, 0.4) is 0 Å². The fourth-order valence-corrected chi connectivity index (χ4v) is 7.69. The highest BCUT2D eigenvalue weighted by molar-refractivity contribution is 7.47. The number of hydrogen-bond donors (Lipinski definition) is 1. The number of phosphoric acid groups is 1. The van der Waals surface area contributed by atoms with Crippen molar-refractivity contribution < 1.29 is 42.1 Å². The molecule has 0 saturated carbocycles. The van der Waals surface area contributed by atoms with E-state index >= 15 is 0 Å². The number of rotatable bonds is 45. The Morgan fingerprint density at radius 2 is 0.879 bits per heavy atom. The van der Waals surface area contributed by atoms with Gasteiger partial charge in [-0.2, -0.15) is 0 Å². The fraction of sp³-hybridized carbons (Fsp3) is 0.917. The van der Waals surface area contributed by atoms with E-state index in [1.807, 2.05) is 21.1 Å². The third-order valence-electron chi connectivity index (χ3n) is 10.8. The Balaban J connectivity index is 4.21. The molecule has 0 amide bonds. The van der Waals surface area contributed by atoms with Crippen molar-refractivity contribution in [3.05, 3.63) is 12.2 Å². The molecular weight excluding hydrogens is 750 g/mol. The zero-order chi connectivity index (χ0) is 42.8. The van der Waals surface area contributed by atoms with Crippen molar-refractivity contribution in [3.63, 3.8) is 0 Å². The summed E-state index contributed by atoms with van der Waals surface area (Å²) in [6, 6.07) is 0. The number of allylic oxidation sites excluding steroid dienone is 2. The van der Waals surface area contributed by atoms with Crippen molar-refractivity contribution in [1.29, 1.82) is 0 Å². The van der Waals surface area contributed by atoms with E-state index in [2.05, 4.69) is 26.0 Å². The van der Waals surface area contributed by atoms with Crippen LogP contribution in [0.25, 0.3) is 0 Å². The van der Waals surface area contributed by atoms with Crippen molar-refractivity contribution in [2.24, 2.45) is 0 Å². The van der Waals surface area contributed by atoms with E-state index in [1.54, 1.807) is 0 Å². The third kappa shape index (κ3) is 44.3. The summed E-state index contributed by atoms with van der Waals surface area (Å²) in [5.74, 6) is -0.805. The molecule has 1 N–H and O–H groups in total. The molecule has 0 heterocycles. The fourth-order valence-electron chi connectivity index (χ4n) is 6.95. The van der Waals surface area contributed by atoms with Gasteiger partial charge in [0.05, 0.1) is 27.7 Å². The van der Waals surface area contributed by atoms with E-state index < -0.39 is 26.5 Å². The second-order valence-electron chi connectivity index (χ2n) is 17.9.